The first kappa shape index (κ1) is 16.2. The molecule has 3 N–H and O–H groups in total. The third-order valence-corrected chi connectivity index (χ3v) is 4.85. The first-order valence-electron chi connectivity index (χ1n) is 7.39. The number of hydroxylamine groups is 1. The van der Waals surface area contributed by atoms with Gasteiger partial charge in [-0.25, -0.2) is 5.48 Å². The fourth-order valence-corrected chi connectivity index (χ4v) is 3.47. The second-order valence-electron chi connectivity index (χ2n) is 5.42. The number of hydrogen-bond acceptors (Lipinski definition) is 4. The van der Waals surface area contributed by atoms with Gasteiger partial charge in [0.05, 0.1) is 4.88 Å². The molecule has 0 saturated heterocycles. The molecule has 0 aliphatic carbocycles. The summed E-state index contributed by atoms with van der Waals surface area (Å²) in [5, 5.41) is 12.5. The lowest BCUT2D eigenvalue weighted by Gasteiger charge is -2.07. The summed E-state index contributed by atoms with van der Waals surface area (Å²) in [5.41, 5.74) is 4.18. The molecule has 5 nitrogen and oxygen atoms in total. The molecule has 0 bridgehead atoms. The predicted molar refractivity (Wildman–Crippen MR) is 93.4 cm³/mol. The van der Waals surface area contributed by atoms with Gasteiger partial charge in [0.25, 0.3) is 11.8 Å². The summed E-state index contributed by atoms with van der Waals surface area (Å²) < 4.78 is 0.927. The number of nitrogens with one attached hydrogen (secondary N) is 2. The van der Waals surface area contributed by atoms with Crippen LogP contribution in [0.25, 0.3) is 10.1 Å². The van der Waals surface area contributed by atoms with Crippen molar-refractivity contribution in [1.29, 1.82) is 0 Å². The van der Waals surface area contributed by atoms with Crippen LogP contribution < -0.4 is 10.8 Å². The maximum Gasteiger partial charge on any atom is 0.284 e. The molecule has 0 aliphatic heterocycles. The summed E-state index contributed by atoms with van der Waals surface area (Å²) in [6.07, 6.45) is 0. The molecule has 2 amide bonds. The molecular formula is C18H16N2O3S. The number of carbonyl (C=O) groups excluding carboxylic acids is 2. The highest BCUT2D eigenvalue weighted by Gasteiger charge is 2.11. The molecule has 122 valence electrons. The van der Waals surface area contributed by atoms with Crippen molar-refractivity contribution in [1.82, 2.24) is 10.8 Å². The number of benzene rings is 2. The maximum atomic E-state index is 12.2. The van der Waals surface area contributed by atoms with E-state index in [-0.39, 0.29) is 5.91 Å². The average Bonchev–Trinajstić information content (AvgIpc) is 3.02. The van der Waals surface area contributed by atoms with E-state index in [1.165, 1.54) is 11.3 Å². The first-order chi connectivity index (χ1) is 11.6. The average molecular weight is 340 g/mol. The van der Waals surface area contributed by atoms with E-state index < -0.39 is 5.91 Å². The largest absolute Gasteiger partial charge is 0.348 e. The van der Waals surface area contributed by atoms with Gasteiger partial charge in [0.2, 0.25) is 0 Å². The summed E-state index contributed by atoms with van der Waals surface area (Å²) >= 11 is 1.29. The van der Waals surface area contributed by atoms with Gasteiger partial charge in [-0.1, -0.05) is 30.3 Å². The Morgan fingerprint density at radius 2 is 1.88 bits per heavy atom. The monoisotopic (exact) mass is 340 g/mol. The smallest absolute Gasteiger partial charge is 0.284 e. The Morgan fingerprint density at radius 1 is 1.08 bits per heavy atom. The van der Waals surface area contributed by atoms with Crippen LogP contribution >= 0.6 is 11.3 Å². The van der Waals surface area contributed by atoms with Crippen LogP contribution in [0.4, 0.5) is 0 Å². The molecule has 0 atom stereocenters. The molecule has 6 heteroatoms. The van der Waals surface area contributed by atoms with Crippen molar-refractivity contribution in [3.63, 3.8) is 0 Å². The molecule has 3 rings (SSSR count). The van der Waals surface area contributed by atoms with Crippen LogP contribution in [0.3, 0.4) is 0 Å². The van der Waals surface area contributed by atoms with Crippen molar-refractivity contribution in [3.05, 3.63) is 70.1 Å². The van der Waals surface area contributed by atoms with E-state index >= 15 is 0 Å². The summed E-state index contributed by atoms with van der Waals surface area (Å²) in [6.45, 7) is 2.31. The van der Waals surface area contributed by atoms with E-state index in [4.69, 9.17) is 5.21 Å². The van der Waals surface area contributed by atoms with Crippen LogP contribution in [0.5, 0.6) is 0 Å². The van der Waals surface area contributed by atoms with Crippen LogP contribution in [0.15, 0.2) is 48.5 Å². The minimum atomic E-state index is -0.523. The highest BCUT2D eigenvalue weighted by atomic mass is 32.1. The first-order valence-corrected chi connectivity index (χ1v) is 8.21. The molecule has 0 spiro atoms. The highest BCUT2D eigenvalue weighted by Crippen LogP contribution is 2.26. The standard InChI is InChI=1S/C18H16N2O3S/c1-11-4-2-3-5-14(11)17(21)19-10-12-6-7-13-9-16(18(22)20-23)24-15(13)8-12/h2-9,23H,10H2,1H3,(H,19,21)(H,20,22). The lowest BCUT2D eigenvalue weighted by atomic mass is 10.1. The van der Waals surface area contributed by atoms with Crippen molar-refractivity contribution in [3.8, 4) is 0 Å². The number of hydrogen-bond donors (Lipinski definition) is 3. The number of rotatable bonds is 4. The summed E-state index contributed by atoms with van der Waals surface area (Å²) in [6, 6.07) is 14.9. The lowest BCUT2D eigenvalue weighted by molar-refractivity contribution is 0.0711. The van der Waals surface area contributed by atoms with Gasteiger partial charge in [-0.05, 0) is 41.6 Å². The summed E-state index contributed by atoms with van der Waals surface area (Å²) in [7, 11) is 0. The molecule has 0 radical (unpaired) electrons. The third kappa shape index (κ3) is 3.29. The quantitative estimate of drug-likeness (QED) is 0.504. The maximum absolute atomic E-state index is 12.2. The molecule has 0 saturated carbocycles. The molecule has 3 aromatic rings. The fourth-order valence-electron chi connectivity index (χ4n) is 2.46. The van der Waals surface area contributed by atoms with Crippen LogP contribution in [-0.4, -0.2) is 17.0 Å². The minimum absolute atomic E-state index is 0.111. The second-order valence-corrected chi connectivity index (χ2v) is 6.51. The second kappa shape index (κ2) is 6.82. The van der Waals surface area contributed by atoms with E-state index in [0.29, 0.717) is 17.0 Å². The molecule has 2 aromatic carbocycles. The van der Waals surface area contributed by atoms with Gasteiger partial charge in [0, 0.05) is 16.8 Å². The van der Waals surface area contributed by atoms with E-state index in [1.807, 2.05) is 43.3 Å². The van der Waals surface area contributed by atoms with Crippen molar-refractivity contribution in [2.75, 3.05) is 0 Å². The third-order valence-electron chi connectivity index (χ3n) is 3.75. The normalized spacial score (nSPS) is 10.6. The zero-order chi connectivity index (χ0) is 17.1. The molecule has 0 fully saturated rings. The number of amides is 2. The SMILES string of the molecule is Cc1ccccc1C(=O)NCc1ccc2cc(C(=O)NO)sc2c1. The molecule has 24 heavy (non-hydrogen) atoms. The summed E-state index contributed by atoms with van der Waals surface area (Å²) in [4.78, 5) is 24.1. The Morgan fingerprint density at radius 3 is 2.62 bits per heavy atom. The van der Waals surface area contributed by atoms with E-state index in [0.717, 1.165) is 21.2 Å². The van der Waals surface area contributed by atoms with Crippen LogP contribution in [0.2, 0.25) is 0 Å². The van der Waals surface area contributed by atoms with E-state index in [2.05, 4.69) is 5.32 Å². The fraction of sp³-hybridized carbons (Fsp3) is 0.111. The van der Waals surface area contributed by atoms with Crippen molar-refractivity contribution < 1.29 is 14.8 Å². The van der Waals surface area contributed by atoms with Gasteiger partial charge in [-0.3, -0.25) is 14.8 Å². The minimum Gasteiger partial charge on any atom is -0.348 e. The number of thiophene rings is 1. The Hall–Kier alpha value is -2.70. The highest BCUT2D eigenvalue weighted by molar-refractivity contribution is 7.20. The molecule has 0 aliphatic rings. The zero-order valence-electron chi connectivity index (χ0n) is 13.0. The van der Waals surface area contributed by atoms with Crippen LogP contribution in [-0.2, 0) is 6.54 Å². The van der Waals surface area contributed by atoms with Gasteiger partial charge in [-0.15, -0.1) is 11.3 Å². The van der Waals surface area contributed by atoms with E-state index in [1.54, 1.807) is 17.6 Å². The van der Waals surface area contributed by atoms with Gasteiger partial charge >= 0.3 is 0 Å². The number of aryl methyl sites for hydroxylation is 1. The Balaban J connectivity index is 1.75. The molecular weight excluding hydrogens is 324 g/mol. The van der Waals surface area contributed by atoms with Crippen molar-refractivity contribution in [2.45, 2.75) is 13.5 Å². The van der Waals surface area contributed by atoms with E-state index in [9.17, 15) is 9.59 Å². The lowest BCUT2D eigenvalue weighted by Crippen LogP contribution is -2.23. The number of fused-ring (bicyclic) bond motifs is 1. The van der Waals surface area contributed by atoms with Crippen LogP contribution in [0.1, 0.15) is 31.2 Å². The topological polar surface area (TPSA) is 78.4 Å². The predicted octanol–water partition coefficient (Wildman–Crippen LogP) is 3.26. The zero-order valence-corrected chi connectivity index (χ0v) is 13.8. The summed E-state index contributed by atoms with van der Waals surface area (Å²) in [5.74, 6) is -0.634. The van der Waals surface area contributed by atoms with Crippen LogP contribution in [0, 0.1) is 6.92 Å². The Bertz CT molecular complexity index is 918. The van der Waals surface area contributed by atoms with Gasteiger partial charge < -0.3 is 5.32 Å². The van der Waals surface area contributed by atoms with Crippen molar-refractivity contribution in [2.24, 2.45) is 0 Å². The Labute approximate surface area is 142 Å². The van der Waals surface area contributed by atoms with Gasteiger partial charge in [-0.2, -0.15) is 0 Å². The van der Waals surface area contributed by atoms with Crippen molar-refractivity contribution >= 4 is 33.2 Å². The van der Waals surface area contributed by atoms with Gasteiger partial charge in [0.1, 0.15) is 0 Å². The Kier molecular flexibility index (Phi) is 4.59. The van der Waals surface area contributed by atoms with Gasteiger partial charge in [0.15, 0.2) is 0 Å². The number of carbonyl (C=O) groups is 2. The molecule has 0 unspecified atom stereocenters. The molecule has 1 aromatic heterocycles. The molecule has 1 heterocycles.